The Bertz CT molecular complexity index is 241. The molecule has 3 nitrogen and oxygen atoms in total. The second-order valence-corrected chi connectivity index (χ2v) is 4.91. The zero-order valence-electron chi connectivity index (χ0n) is 8.88. The van der Waals surface area contributed by atoms with E-state index in [4.69, 9.17) is 5.73 Å². The first-order valence-corrected chi connectivity index (χ1v) is 5.69. The molecule has 80 valence electrons. The first kappa shape index (κ1) is 9.97. The Morgan fingerprint density at radius 2 is 2.36 bits per heavy atom. The van der Waals surface area contributed by atoms with Gasteiger partial charge in [-0.1, -0.05) is 13.3 Å². The van der Waals surface area contributed by atoms with E-state index in [0.717, 1.165) is 18.9 Å². The van der Waals surface area contributed by atoms with E-state index in [9.17, 15) is 4.79 Å². The van der Waals surface area contributed by atoms with Crippen LogP contribution in [0.25, 0.3) is 0 Å². The number of amides is 1. The Kier molecular flexibility index (Phi) is 2.52. The van der Waals surface area contributed by atoms with Gasteiger partial charge in [-0.15, -0.1) is 0 Å². The van der Waals surface area contributed by atoms with Crippen molar-refractivity contribution in [1.29, 1.82) is 0 Å². The predicted octanol–water partition coefficient (Wildman–Crippen LogP) is 1.03. The van der Waals surface area contributed by atoms with Crippen molar-refractivity contribution in [2.24, 2.45) is 17.6 Å². The fourth-order valence-corrected chi connectivity index (χ4v) is 3.60. The molecule has 3 N–H and O–H groups in total. The van der Waals surface area contributed by atoms with Crippen LogP contribution in [0, 0.1) is 11.8 Å². The van der Waals surface area contributed by atoms with Crippen LogP contribution in [-0.2, 0) is 4.79 Å². The summed E-state index contributed by atoms with van der Waals surface area (Å²) in [5, 5.41) is 3.52. The number of nitrogens with two attached hydrogens (primary N) is 1. The molecule has 3 unspecified atom stereocenters. The van der Waals surface area contributed by atoms with Gasteiger partial charge in [0.1, 0.15) is 0 Å². The molecule has 2 saturated carbocycles. The molecule has 2 aliphatic rings. The Hall–Kier alpha value is -0.570. The highest BCUT2D eigenvalue weighted by atomic mass is 16.1. The number of rotatable bonds is 4. The van der Waals surface area contributed by atoms with E-state index in [1.54, 1.807) is 0 Å². The first-order chi connectivity index (χ1) is 6.66. The van der Waals surface area contributed by atoms with Crippen molar-refractivity contribution >= 4 is 5.91 Å². The average Bonchev–Trinajstić information content (AvgIpc) is 2.62. The van der Waals surface area contributed by atoms with Gasteiger partial charge in [0.15, 0.2) is 0 Å². The summed E-state index contributed by atoms with van der Waals surface area (Å²) in [7, 11) is 0. The Balaban J connectivity index is 2.10. The molecular formula is C11H20N2O. The monoisotopic (exact) mass is 196 g/mol. The summed E-state index contributed by atoms with van der Waals surface area (Å²) in [5.74, 6) is 1.39. The lowest BCUT2D eigenvalue weighted by molar-refractivity contribution is -0.120. The van der Waals surface area contributed by atoms with E-state index in [0.29, 0.717) is 12.3 Å². The highest BCUT2D eigenvalue weighted by molar-refractivity contribution is 5.75. The number of nitrogens with one attached hydrogen (secondary N) is 1. The van der Waals surface area contributed by atoms with Crippen LogP contribution in [0.2, 0.25) is 0 Å². The summed E-state index contributed by atoms with van der Waals surface area (Å²) in [6.07, 6.45) is 5.64. The van der Waals surface area contributed by atoms with Gasteiger partial charge >= 0.3 is 0 Å². The van der Waals surface area contributed by atoms with Crippen LogP contribution in [0.3, 0.4) is 0 Å². The van der Waals surface area contributed by atoms with Gasteiger partial charge < -0.3 is 11.1 Å². The molecule has 0 saturated heterocycles. The van der Waals surface area contributed by atoms with Crippen LogP contribution in [0.5, 0.6) is 0 Å². The predicted molar refractivity (Wildman–Crippen MR) is 55.7 cm³/mol. The molecule has 0 heterocycles. The number of carbonyl (C=O) groups is 1. The third-order valence-corrected chi connectivity index (χ3v) is 3.99. The van der Waals surface area contributed by atoms with E-state index in [2.05, 4.69) is 12.2 Å². The van der Waals surface area contributed by atoms with Crippen LogP contribution >= 0.6 is 0 Å². The van der Waals surface area contributed by atoms with Crippen molar-refractivity contribution in [3.05, 3.63) is 0 Å². The SMILES string of the molecule is CCNC1(CC(N)=O)CC2CCC1C2. The summed E-state index contributed by atoms with van der Waals surface area (Å²) < 4.78 is 0. The highest BCUT2D eigenvalue weighted by Crippen LogP contribution is 2.52. The minimum atomic E-state index is -0.154. The number of fused-ring (bicyclic) bond motifs is 2. The van der Waals surface area contributed by atoms with Crippen molar-refractivity contribution in [1.82, 2.24) is 5.32 Å². The zero-order chi connectivity index (χ0) is 10.2. The highest BCUT2D eigenvalue weighted by Gasteiger charge is 2.50. The largest absolute Gasteiger partial charge is 0.370 e. The normalized spacial score (nSPS) is 40.4. The summed E-state index contributed by atoms with van der Waals surface area (Å²) in [6, 6.07) is 0. The molecule has 0 aromatic rings. The minimum absolute atomic E-state index is 0.0590. The second kappa shape index (κ2) is 3.54. The second-order valence-electron chi connectivity index (χ2n) is 4.91. The molecule has 3 heteroatoms. The van der Waals surface area contributed by atoms with E-state index in [1.807, 2.05) is 0 Å². The van der Waals surface area contributed by atoms with Gasteiger partial charge in [0.05, 0.1) is 0 Å². The maximum Gasteiger partial charge on any atom is 0.219 e. The molecule has 0 aliphatic heterocycles. The van der Waals surface area contributed by atoms with Gasteiger partial charge in [-0.25, -0.2) is 0 Å². The molecule has 0 radical (unpaired) electrons. The zero-order valence-corrected chi connectivity index (χ0v) is 8.88. The standard InChI is InChI=1S/C11H20N2O/c1-2-13-11(7-10(12)14)6-8-3-4-9(11)5-8/h8-9,13H,2-7H2,1H3,(H2,12,14). The Labute approximate surface area is 85.4 Å². The molecule has 0 aromatic heterocycles. The quantitative estimate of drug-likeness (QED) is 0.705. The van der Waals surface area contributed by atoms with Crippen LogP contribution in [0.4, 0.5) is 0 Å². The van der Waals surface area contributed by atoms with E-state index >= 15 is 0 Å². The first-order valence-electron chi connectivity index (χ1n) is 5.69. The van der Waals surface area contributed by atoms with Gasteiger partial charge in [0, 0.05) is 12.0 Å². The lowest BCUT2D eigenvalue weighted by Gasteiger charge is -2.37. The number of hydrogen-bond acceptors (Lipinski definition) is 2. The maximum absolute atomic E-state index is 11.1. The van der Waals surface area contributed by atoms with Crippen molar-refractivity contribution in [2.75, 3.05) is 6.54 Å². The van der Waals surface area contributed by atoms with Gasteiger partial charge in [-0.2, -0.15) is 0 Å². The average molecular weight is 196 g/mol. The van der Waals surface area contributed by atoms with Crippen molar-refractivity contribution in [2.45, 2.75) is 44.6 Å². The molecule has 1 amide bonds. The lowest BCUT2D eigenvalue weighted by Crippen LogP contribution is -2.51. The van der Waals surface area contributed by atoms with E-state index in [-0.39, 0.29) is 11.4 Å². The Morgan fingerprint density at radius 3 is 2.79 bits per heavy atom. The molecule has 3 atom stereocenters. The van der Waals surface area contributed by atoms with Crippen LogP contribution in [-0.4, -0.2) is 18.0 Å². The molecule has 2 aliphatic carbocycles. The summed E-state index contributed by atoms with van der Waals surface area (Å²) in [4.78, 5) is 11.1. The molecule has 0 aromatic carbocycles. The lowest BCUT2D eigenvalue weighted by atomic mass is 9.78. The van der Waals surface area contributed by atoms with Gasteiger partial charge in [0.25, 0.3) is 0 Å². The third kappa shape index (κ3) is 1.54. The Morgan fingerprint density at radius 1 is 1.57 bits per heavy atom. The molecule has 14 heavy (non-hydrogen) atoms. The topological polar surface area (TPSA) is 55.1 Å². The number of primary amides is 1. The molecular weight excluding hydrogens is 176 g/mol. The molecule has 2 rings (SSSR count). The fraction of sp³-hybridized carbons (Fsp3) is 0.909. The maximum atomic E-state index is 11.1. The van der Waals surface area contributed by atoms with Crippen molar-refractivity contribution < 1.29 is 4.79 Å². The summed E-state index contributed by atoms with van der Waals surface area (Å²) in [5.41, 5.74) is 5.40. The van der Waals surface area contributed by atoms with Crippen molar-refractivity contribution in [3.63, 3.8) is 0 Å². The number of hydrogen-bond donors (Lipinski definition) is 2. The third-order valence-electron chi connectivity index (χ3n) is 3.99. The number of carbonyl (C=O) groups excluding carboxylic acids is 1. The van der Waals surface area contributed by atoms with Gasteiger partial charge in [-0.05, 0) is 37.6 Å². The van der Waals surface area contributed by atoms with Crippen LogP contribution < -0.4 is 11.1 Å². The van der Waals surface area contributed by atoms with Gasteiger partial charge in [-0.3, -0.25) is 4.79 Å². The molecule has 2 bridgehead atoms. The fourth-order valence-electron chi connectivity index (χ4n) is 3.60. The minimum Gasteiger partial charge on any atom is -0.370 e. The van der Waals surface area contributed by atoms with Gasteiger partial charge in [0.2, 0.25) is 5.91 Å². The van der Waals surface area contributed by atoms with Crippen molar-refractivity contribution in [3.8, 4) is 0 Å². The molecule has 0 spiro atoms. The summed E-state index contributed by atoms with van der Waals surface area (Å²) >= 11 is 0. The van der Waals surface area contributed by atoms with Crippen LogP contribution in [0.1, 0.15) is 39.0 Å². The van der Waals surface area contributed by atoms with Crippen LogP contribution in [0.15, 0.2) is 0 Å². The molecule has 2 fully saturated rings. The smallest absolute Gasteiger partial charge is 0.219 e. The summed E-state index contributed by atoms with van der Waals surface area (Å²) in [6.45, 7) is 3.05. The van der Waals surface area contributed by atoms with E-state index < -0.39 is 0 Å². The van der Waals surface area contributed by atoms with E-state index in [1.165, 1.54) is 19.3 Å².